The summed E-state index contributed by atoms with van der Waals surface area (Å²) in [7, 11) is 0. The number of aromatic carboxylic acids is 1. The Kier molecular flexibility index (Phi) is 12.4. The second kappa shape index (κ2) is 18.7. The van der Waals surface area contributed by atoms with Gasteiger partial charge in [0, 0.05) is 16.7 Å². The summed E-state index contributed by atoms with van der Waals surface area (Å²) < 4.78 is 39.6. The van der Waals surface area contributed by atoms with Crippen LogP contribution in [0.2, 0.25) is 0 Å². The lowest BCUT2D eigenvalue weighted by Gasteiger charge is -2.44. The Labute approximate surface area is 433 Å². The molecule has 0 aliphatic carbocycles. The summed E-state index contributed by atoms with van der Waals surface area (Å²) in [6.07, 6.45) is -13.4. The summed E-state index contributed by atoms with van der Waals surface area (Å²) in [6.45, 7) is -1.43. The van der Waals surface area contributed by atoms with Gasteiger partial charge >= 0.3 is 35.8 Å². The van der Waals surface area contributed by atoms with Gasteiger partial charge in [0.2, 0.25) is 46.9 Å². The molecule has 18 N–H and O–H groups in total. The van der Waals surface area contributed by atoms with Gasteiger partial charge in [0.25, 0.3) is 0 Å². The molecule has 31 heteroatoms. The summed E-state index contributed by atoms with van der Waals surface area (Å²) >= 11 is 0. The highest BCUT2D eigenvalue weighted by Crippen LogP contribution is 2.59. The number of phenols is 17. The fourth-order valence-corrected chi connectivity index (χ4v) is 8.50. The second-order valence-electron chi connectivity index (χ2n) is 16.9. The van der Waals surface area contributed by atoms with E-state index in [1.807, 2.05) is 0 Å². The number of hydrogen-bond acceptors (Lipinski definition) is 30. The molecule has 3 aliphatic rings. The predicted molar refractivity (Wildman–Crippen MR) is 244 cm³/mol. The highest BCUT2D eigenvalue weighted by molar-refractivity contribution is 6.11. The highest BCUT2D eigenvalue weighted by atomic mass is 16.7. The predicted octanol–water partition coefficient (Wildman–Crippen LogP) is 2.55. The standard InChI is InChI=1S/C48H32O31/c49-14-2-10(3-15(50)27(14)55)43(68)79-48-41-40-38(76-45(70)12-6-18(53)29(57)32(60)22(12)23-13(46(71)78-41)7-19(54)30(58)33(23)61)21(75-48)8-73-44(69)11-5-17(52)31(59)34(62)24(11)25-26(47(72)77-40)39(37(65)36(64)35(25)63)74-20-4-9(42(66)67)1-16(51)28(20)56/h1-7,21,38,40-41,48-65H,8H2,(H,66,67). The van der Waals surface area contributed by atoms with Crippen molar-refractivity contribution >= 4 is 35.8 Å². The third kappa shape index (κ3) is 8.40. The minimum atomic E-state index is -2.83. The number of carboxylic acid groups (broad SMARTS) is 1. The Morgan fingerprint density at radius 3 is 1.37 bits per heavy atom. The van der Waals surface area contributed by atoms with Gasteiger partial charge < -0.3 is 125 Å². The first kappa shape index (κ1) is 52.4. The highest BCUT2D eigenvalue weighted by Gasteiger charge is 2.56. The van der Waals surface area contributed by atoms with E-state index in [1.165, 1.54) is 0 Å². The monoisotopic (exact) mass is 1100 g/mol. The summed E-state index contributed by atoms with van der Waals surface area (Å²) in [5.74, 6) is -39.4. The van der Waals surface area contributed by atoms with E-state index in [9.17, 15) is 116 Å². The van der Waals surface area contributed by atoms with Crippen molar-refractivity contribution in [2.45, 2.75) is 30.7 Å². The van der Waals surface area contributed by atoms with E-state index in [1.54, 1.807) is 0 Å². The molecular formula is C48H32O31. The van der Waals surface area contributed by atoms with Crippen LogP contribution in [0, 0.1) is 0 Å². The quantitative estimate of drug-likeness (QED) is 0.0670. The molecular weight excluding hydrogens is 1070 g/mol. The molecule has 0 aromatic heterocycles. The molecule has 6 aromatic carbocycles. The lowest BCUT2D eigenvalue weighted by atomic mass is 9.90. The molecule has 3 heterocycles. The van der Waals surface area contributed by atoms with E-state index in [2.05, 4.69) is 0 Å². The van der Waals surface area contributed by atoms with Crippen molar-refractivity contribution in [2.75, 3.05) is 6.61 Å². The van der Waals surface area contributed by atoms with E-state index in [-0.39, 0.29) is 0 Å². The van der Waals surface area contributed by atoms with E-state index in [4.69, 9.17) is 33.2 Å². The normalized spacial score (nSPS) is 18.7. The number of esters is 5. The van der Waals surface area contributed by atoms with Gasteiger partial charge in [0.15, 0.2) is 87.0 Å². The largest absolute Gasteiger partial charge is 0.504 e. The average Bonchev–Trinajstić information content (AvgIpc) is 3.49. The van der Waals surface area contributed by atoms with Crippen LogP contribution in [0.4, 0.5) is 0 Å². The molecule has 3 aliphatic heterocycles. The van der Waals surface area contributed by atoms with Crippen molar-refractivity contribution in [3.05, 3.63) is 75.8 Å². The van der Waals surface area contributed by atoms with Crippen LogP contribution in [0.1, 0.15) is 62.1 Å². The zero-order chi connectivity index (χ0) is 57.7. The fraction of sp³-hybridized carbons (Fsp3) is 0.125. The Bertz CT molecular complexity index is 3710. The number of rotatable bonds is 5. The number of carboxylic acids is 1. The number of cyclic esters (lactones) is 1. The smallest absolute Gasteiger partial charge is 0.343 e. The van der Waals surface area contributed by atoms with Crippen molar-refractivity contribution in [3.8, 4) is 131 Å². The number of carbonyl (C=O) groups is 6. The molecule has 4 bridgehead atoms. The first-order valence-electron chi connectivity index (χ1n) is 21.7. The van der Waals surface area contributed by atoms with Crippen LogP contribution in [0.15, 0.2) is 42.5 Å². The van der Waals surface area contributed by atoms with Gasteiger partial charge in [-0.15, -0.1) is 0 Å². The number of benzene rings is 6. The number of carbonyl (C=O) groups excluding carboxylic acids is 5. The van der Waals surface area contributed by atoms with Crippen molar-refractivity contribution in [3.63, 3.8) is 0 Å². The molecule has 410 valence electrons. The summed E-state index contributed by atoms with van der Waals surface area (Å²) in [6, 6.07) is 2.85. The van der Waals surface area contributed by atoms with E-state index < -0.39 is 238 Å². The molecule has 1 saturated heterocycles. The number of hydrogen-bond donors (Lipinski definition) is 18. The summed E-state index contributed by atoms with van der Waals surface area (Å²) in [5.41, 5.74) is -12.4. The lowest BCUT2D eigenvalue weighted by Crippen LogP contribution is -2.63. The molecule has 0 amide bonds. The minimum Gasteiger partial charge on any atom is -0.504 e. The molecule has 79 heavy (non-hydrogen) atoms. The lowest BCUT2D eigenvalue weighted by molar-refractivity contribution is -0.282. The van der Waals surface area contributed by atoms with Gasteiger partial charge in [0.1, 0.15) is 18.3 Å². The molecule has 1 fully saturated rings. The molecule has 5 unspecified atom stereocenters. The van der Waals surface area contributed by atoms with Crippen molar-refractivity contribution < 1.29 is 154 Å². The third-order valence-electron chi connectivity index (χ3n) is 12.2. The number of fused-ring (bicyclic) bond motifs is 6. The summed E-state index contributed by atoms with van der Waals surface area (Å²) in [4.78, 5) is 85.2. The van der Waals surface area contributed by atoms with Gasteiger partial charge in [-0.25, -0.2) is 28.8 Å². The van der Waals surface area contributed by atoms with Crippen LogP contribution in [-0.2, 0) is 28.4 Å². The van der Waals surface area contributed by atoms with Gasteiger partial charge in [-0.05, 0) is 42.5 Å². The Hall–Kier alpha value is -11.5. The topological polar surface area (TPSA) is 531 Å². The van der Waals surface area contributed by atoms with Crippen LogP contribution >= 0.6 is 0 Å². The SMILES string of the molecule is O=C(O)c1cc(O)c(O)c(Oc2c(O)c(O)c(O)c3c2C(=O)OC2C4OC(=O)c5cc(O)c(O)c(O)c5-c5c(cc(O)c(O)c5O)C(=O)OC2C(OC(=O)c2cc(O)c(O)c(O)c2)OC4COC(=O)c2cc(O)c(O)c(O)c2-3)c1. The van der Waals surface area contributed by atoms with Crippen molar-refractivity contribution in [1.82, 2.24) is 0 Å². The van der Waals surface area contributed by atoms with E-state index in [0.717, 1.165) is 0 Å². The van der Waals surface area contributed by atoms with E-state index >= 15 is 4.79 Å². The van der Waals surface area contributed by atoms with Gasteiger partial charge in [-0.2, -0.15) is 0 Å². The first-order valence-corrected chi connectivity index (χ1v) is 21.7. The molecule has 0 saturated carbocycles. The summed E-state index contributed by atoms with van der Waals surface area (Å²) in [5, 5.41) is 194. The third-order valence-corrected chi connectivity index (χ3v) is 12.2. The van der Waals surface area contributed by atoms with Crippen molar-refractivity contribution in [1.29, 1.82) is 0 Å². The number of aromatic hydroxyl groups is 17. The number of ether oxygens (including phenoxy) is 7. The Balaban J connectivity index is 1.36. The van der Waals surface area contributed by atoms with Gasteiger partial charge in [0.05, 0.1) is 33.4 Å². The van der Waals surface area contributed by atoms with Crippen LogP contribution in [0.3, 0.4) is 0 Å². The Morgan fingerprint density at radius 1 is 0.418 bits per heavy atom. The zero-order valence-electron chi connectivity index (χ0n) is 38.5. The van der Waals surface area contributed by atoms with Crippen LogP contribution < -0.4 is 4.74 Å². The van der Waals surface area contributed by atoms with Crippen LogP contribution in [0.25, 0.3) is 22.3 Å². The number of phenolic OH excluding ortho intramolecular Hbond substituents is 17. The van der Waals surface area contributed by atoms with E-state index in [0.29, 0.717) is 42.5 Å². The van der Waals surface area contributed by atoms with Crippen LogP contribution in [0.5, 0.6) is 109 Å². The van der Waals surface area contributed by atoms with Gasteiger partial charge in [-0.3, -0.25) is 0 Å². The Morgan fingerprint density at radius 2 is 0.848 bits per heavy atom. The molecule has 9 rings (SSSR count). The molecule has 31 nitrogen and oxygen atoms in total. The van der Waals surface area contributed by atoms with Gasteiger partial charge in [-0.1, -0.05) is 0 Å². The fourth-order valence-electron chi connectivity index (χ4n) is 8.50. The van der Waals surface area contributed by atoms with Crippen LogP contribution in [-0.4, -0.2) is 165 Å². The minimum absolute atomic E-state index is 0.310. The van der Waals surface area contributed by atoms with Crippen molar-refractivity contribution in [2.24, 2.45) is 0 Å². The maximum absolute atomic E-state index is 15.4. The molecule has 6 aromatic rings. The maximum Gasteiger partial charge on any atom is 0.343 e. The second-order valence-corrected chi connectivity index (χ2v) is 16.9. The average molecular weight is 1100 g/mol. The molecule has 0 spiro atoms. The zero-order valence-corrected chi connectivity index (χ0v) is 38.5. The maximum atomic E-state index is 15.4. The molecule has 0 radical (unpaired) electrons. The first-order chi connectivity index (χ1) is 37.1. The molecule has 5 atom stereocenters.